The van der Waals surface area contributed by atoms with E-state index >= 15 is 0 Å². The largest absolute Gasteiger partial charge is 0.480 e. The molecule has 0 fully saturated rings. The highest BCUT2D eigenvalue weighted by Crippen LogP contribution is 2.14. The minimum Gasteiger partial charge on any atom is -0.480 e. The number of benzene rings is 1. The predicted molar refractivity (Wildman–Crippen MR) is 65.1 cm³/mol. The van der Waals surface area contributed by atoms with E-state index in [2.05, 4.69) is 5.32 Å². The van der Waals surface area contributed by atoms with E-state index in [9.17, 15) is 14.0 Å². The van der Waals surface area contributed by atoms with E-state index in [0.717, 1.165) is 12.1 Å². The zero-order valence-electron chi connectivity index (χ0n) is 9.91. The summed E-state index contributed by atoms with van der Waals surface area (Å²) < 4.78 is 13.1. The minimum atomic E-state index is -1.14. The number of carboxylic acids is 1. The smallest absolute Gasteiger partial charge is 0.326 e. The molecule has 1 atom stereocenters. The molecule has 0 radical (unpaired) electrons. The lowest BCUT2D eigenvalue weighted by Gasteiger charge is -2.17. The fourth-order valence-electron chi connectivity index (χ4n) is 1.42. The van der Waals surface area contributed by atoms with Crippen LogP contribution in [0.4, 0.5) is 4.39 Å². The monoisotopic (exact) mass is 273 g/mol. The Morgan fingerprint density at radius 3 is 2.39 bits per heavy atom. The van der Waals surface area contributed by atoms with E-state index in [1.54, 1.807) is 13.8 Å². The molecule has 0 spiro atoms. The SMILES string of the molecule is CC(C)[C@H](NC(=O)c1cc(F)cc(Cl)c1)C(=O)O. The summed E-state index contributed by atoms with van der Waals surface area (Å²) in [6, 6.07) is 2.31. The van der Waals surface area contributed by atoms with Crippen molar-refractivity contribution in [2.45, 2.75) is 19.9 Å². The topological polar surface area (TPSA) is 66.4 Å². The first-order valence-electron chi connectivity index (χ1n) is 5.31. The maximum absolute atomic E-state index is 13.1. The third-order valence-electron chi connectivity index (χ3n) is 2.34. The molecule has 0 saturated carbocycles. The minimum absolute atomic E-state index is 0.00750. The van der Waals surface area contributed by atoms with Crippen molar-refractivity contribution in [3.63, 3.8) is 0 Å². The Labute approximate surface area is 109 Å². The summed E-state index contributed by atoms with van der Waals surface area (Å²) in [5.41, 5.74) is -0.00750. The normalized spacial score (nSPS) is 12.3. The Hall–Kier alpha value is -1.62. The second-order valence-electron chi connectivity index (χ2n) is 4.19. The molecule has 1 aromatic rings. The van der Waals surface area contributed by atoms with Gasteiger partial charge in [-0.15, -0.1) is 0 Å². The van der Waals surface area contributed by atoms with Crippen molar-refractivity contribution in [3.05, 3.63) is 34.6 Å². The van der Waals surface area contributed by atoms with Crippen LogP contribution in [0.25, 0.3) is 0 Å². The Bertz CT molecular complexity index is 456. The van der Waals surface area contributed by atoms with E-state index in [4.69, 9.17) is 16.7 Å². The zero-order chi connectivity index (χ0) is 13.9. The summed E-state index contributed by atoms with van der Waals surface area (Å²) in [6.07, 6.45) is 0. The van der Waals surface area contributed by atoms with Gasteiger partial charge in [0.2, 0.25) is 0 Å². The van der Waals surface area contributed by atoms with E-state index in [1.165, 1.54) is 6.07 Å². The number of amides is 1. The highest BCUT2D eigenvalue weighted by Gasteiger charge is 2.24. The molecular formula is C12H13ClFNO3. The van der Waals surface area contributed by atoms with Crippen LogP contribution in [0.3, 0.4) is 0 Å². The molecule has 0 saturated heterocycles. The first-order chi connectivity index (χ1) is 8.31. The van der Waals surface area contributed by atoms with Gasteiger partial charge in [-0.1, -0.05) is 25.4 Å². The molecule has 2 N–H and O–H groups in total. The number of carbonyl (C=O) groups excluding carboxylic acids is 1. The van der Waals surface area contributed by atoms with Crippen LogP contribution in [0.15, 0.2) is 18.2 Å². The van der Waals surface area contributed by atoms with Crippen LogP contribution in [0.1, 0.15) is 24.2 Å². The summed E-state index contributed by atoms with van der Waals surface area (Å²) in [6.45, 7) is 3.33. The highest BCUT2D eigenvalue weighted by atomic mass is 35.5. The van der Waals surface area contributed by atoms with Crippen molar-refractivity contribution in [2.24, 2.45) is 5.92 Å². The molecule has 0 aliphatic heterocycles. The molecule has 0 bridgehead atoms. The number of aliphatic carboxylic acids is 1. The number of hydrogen-bond donors (Lipinski definition) is 2. The average molecular weight is 274 g/mol. The van der Waals surface area contributed by atoms with Crippen LogP contribution >= 0.6 is 11.6 Å². The van der Waals surface area contributed by atoms with Crippen molar-refractivity contribution >= 4 is 23.5 Å². The van der Waals surface area contributed by atoms with Gasteiger partial charge in [-0.25, -0.2) is 9.18 Å². The summed E-state index contributed by atoms with van der Waals surface area (Å²) in [4.78, 5) is 22.7. The number of hydrogen-bond acceptors (Lipinski definition) is 2. The molecule has 1 aromatic carbocycles. The van der Waals surface area contributed by atoms with Gasteiger partial charge in [-0.2, -0.15) is 0 Å². The standard InChI is InChI=1S/C12H13ClFNO3/c1-6(2)10(12(17)18)15-11(16)7-3-8(13)5-9(14)4-7/h3-6,10H,1-2H3,(H,15,16)(H,17,18)/t10-/m0/s1. The van der Waals surface area contributed by atoms with E-state index in [-0.39, 0.29) is 16.5 Å². The third-order valence-corrected chi connectivity index (χ3v) is 2.56. The van der Waals surface area contributed by atoms with Gasteiger partial charge < -0.3 is 10.4 Å². The van der Waals surface area contributed by atoms with Crippen LogP contribution in [-0.2, 0) is 4.79 Å². The molecule has 6 heteroatoms. The molecule has 0 heterocycles. The van der Waals surface area contributed by atoms with E-state index in [1.807, 2.05) is 0 Å². The van der Waals surface area contributed by atoms with Crippen molar-refractivity contribution in [3.8, 4) is 0 Å². The molecule has 0 aromatic heterocycles. The van der Waals surface area contributed by atoms with Gasteiger partial charge in [0, 0.05) is 10.6 Å². The lowest BCUT2D eigenvalue weighted by atomic mass is 10.0. The lowest BCUT2D eigenvalue weighted by Crippen LogP contribution is -2.44. The van der Waals surface area contributed by atoms with Gasteiger partial charge >= 0.3 is 5.97 Å². The Balaban J connectivity index is 2.90. The van der Waals surface area contributed by atoms with Gasteiger partial charge in [0.25, 0.3) is 5.91 Å². The summed E-state index contributed by atoms with van der Waals surface area (Å²) in [7, 11) is 0. The number of nitrogens with one attached hydrogen (secondary N) is 1. The van der Waals surface area contributed by atoms with Crippen molar-refractivity contribution in [2.75, 3.05) is 0 Å². The van der Waals surface area contributed by atoms with Crippen molar-refractivity contribution in [1.29, 1.82) is 0 Å². The molecule has 4 nitrogen and oxygen atoms in total. The van der Waals surface area contributed by atoms with Crippen LogP contribution in [-0.4, -0.2) is 23.0 Å². The second kappa shape index (κ2) is 5.82. The predicted octanol–water partition coefficient (Wildman–Crippen LogP) is 2.32. The molecular weight excluding hydrogens is 261 g/mol. The lowest BCUT2D eigenvalue weighted by molar-refractivity contribution is -0.140. The molecule has 0 aliphatic rings. The number of halogens is 2. The van der Waals surface area contributed by atoms with Crippen LogP contribution in [0.2, 0.25) is 5.02 Å². The first kappa shape index (κ1) is 14.4. The molecule has 0 aliphatic carbocycles. The fraction of sp³-hybridized carbons (Fsp3) is 0.333. The number of carbonyl (C=O) groups is 2. The van der Waals surface area contributed by atoms with Crippen LogP contribution < -0.4 is 5.32 Å². The molecule has 1 rings (SSSR count). The van der Waals surface area contributed by atoms with E-state index < -0.39 is 23.7 Å². The van der Waals surface area contributed by atoms with Crippen LogP contribution in [0.5, 0.6) is 0 Å². The van der Waals surface area contributed by atoms with Gasteiger partial charge in [-0.3, -0.25) is 4.79 Å². The van der Waals surface area contributed by atoms with Gasteiger partial charge in [0.1, 0.15) is 11.9 Å². The zero-order valence-corrected chi connectivity index (χ0v) is 10.7. The Morgan fingerprint density at radius 1 is 1.33 bits per heavy atom. The summed E-state index contributed by atoms with van der Waals surface area (Å²) >= 11 is 5.62. The van der Waals surface area contributed by atoms with Gasteiger partial charge in [0.15, 0.2) is 0 Å². The van der Waals surface area contributed by atoms with Crippen LogP contribution in [0, 0.1) is 11.7 Å². The van der Waals surface area contributed by atoms with Crippen molar-refractivity contribution in [1.82, 2.24) is 5.32 Å². The molecule has 1 amide bonds. The summed E-state index contributed by atoms with van der Waals surface area (Å²) in [5.74, 6) is -2.74. The third kappa shape index (κ3) is 3.70. The number of carboxylic acid groups (broad SMARTS) is 1. The van der Waals surface area contributed by atoms with E-state index in [0.29, 0.717) is 0 Å². The molecule has 98 valence electrons. The van der Waals surface area contributed by atoms with Gasteiger partial charge in [0.05, 0.1) is 0 Å². The highest BCUT2D eigenvalue weighted by molar-refractivity contribution is 6.31. The first-order valence-corrected chi connectivity index (χ1v) is 5.69. The second-order valence-corrected chi connectivity index (χ2v) is 4.63. The maximum atomic E-state index is 13.1. The van der Waals surface area contributed by atoms with Crippen molar-refractivity contribution < 1.29 is 19.1 Å². The Morgan fingerprint density at radius 2 is 1.94 bits per heavy atom. The average Bonchev–Trinajstić information content (AvgIpc) is 2.23. The van der Waals surface area contributed by atoms with Gasteiger partial charge in [-0.05, 0) is 24.1 Å². The summed E-state index contributed by atoms with van der Waals surface area (Å²) in [5, 5.41) is 11.3. The molecule has 18 heavy (non-hydrogen) atoms. The number of rotatable bonds is 4. The molecule has 0 unspecified atom stereocenters. The quantitative estimate of drug-likeness (QED) is 0.885. The fourth-order valence-corrected chi connectivity index (χ4v) is 1.64. The maximum Gasteiger partial charge on any atom is 0.326 e. The Kier molecular flexibility index (Phi) is 4.67.